The zero-order valence-corrected chi connectivity index (χ0v) is 13.6. The quantitative estimate of drug-likeness (QED) is 0.599. The number of carbonyl (C=O) groups excluding carboxylic acids is 1. The number of halogens is 3. The molecular formula is C16H12F3NO4S. The number of alkyl halides is 3. The van der Waals surface area contributed by atoms with Crippen LogP contribution in [0.15, 0.2) is 48.5 Å². The molecule has 0 radical (unpaired) electrons. The van der Waals surface area contributed by atoms with Gasteiger partial charge in [-0.2, -0.15) is 21.6 Å². The summed E-state index contributed by atoms with van der Waals surface area (Å²) < 4.78 is 63.9. The van der Waals surface area contributed by atoms with E-state index in [9.17, 15) is 26.4 Å². The predicted octanol–water partition coefficient (Wildman–Crippen LogP) is 3.29. The highest BCUT2D eigenvalue weighted by Gasteiger charge is 2.51. The largest absolute Gasteiger partial charge is 0.534 e. The first-order chi connectivity index (χ1) is 11.6. The maximum atomic E-state index is 12.5. The van der Waals surface area contributed by atoms with E-state index in [0.29, 0.717) is 22.5 Å². The maximum absolute atomic E-state index is 12.5. The van der Waals surface area contributed by atoms with Crippen LogP contribution in [-0.2, 0) is 19.1 Å². The lowest BCUT2D eigenvalue weighted by molar-refractivity contribution is -0.137. The van der Waals surface area contributed by atoms with Crippen LogP contribution in [0.5, 0.6) is 0 Å². The maximum Gasteiger partial charge on any atom is 0.534 e. The van der Waals surface area contributed by atoms with Gasteiger partial charge in [0.05, 0.1) is 0 Å². The summed E-state index contributed by atoms with van der Waals surface area (Å²) >= 11 is 0. The summed E-state index contributed by atoms with van der Waals surface area (Å²) in [4.78, 5) is 14.1. The van der Waals surface area contributed by atoms with E-state index in [0.717, 1.165) is 0 Å². The molecule has 0 unspecified atom stereocenters. The molecule has 0 aliphatic carbocycles. The highest BCUT2D eigenvalue weighted by atomic mass is 32.2. The van der Waals surface area contributed by atoms with Gasteiger partial charge in [-0.1, -0.05) is 36.4 Å². The third kappa shape index (κ3) is 2.84. The summed E-state index contributed by atoms with van der Waals surface area (Å²) in [7, 11) is -4.29. The predicted molar refractivity (Wildman–Crippen MR) is 83.9 cm³/mol. The molecule has 0 N–H and O–H groups in total. The van der Waals surface area contributed by atoms with Gasteiger partial charge in [0.2, 0.25) is 0 Å². The highest BCUT2D eigenvalue weighted by Crippen LogP contribution is 2.45. The lowest BCUT2D eigenvalue weighted by Gasteiger charge is -2.34. The van der Waals surface area contributed by atoms with E-state index in [2.05, 4.69) is 4.18 Å². The molecule has 1 aliphatic rings. The minimum Gasteiger partial charge on any atom is -0.344 e. The molecule has 0 atom stereocenters. The van der Waals surface area contributed by atoms with Crippen molar-refractivity contribution in [3.8, 4) is 0 Å². The van der Waals surface area contributed by atoms with E-state index in [1.807, 2.05) is 0 Å². The molecule has 9 heteroatoms. The van der Waals surface area contributed by atoms with Crippen molar-refractivity contribution in [1.82, 2.24) is 0 Å². The van der Waals surface area contributed by atoms with Gasteiger partial charge in [-0.15, -0.1) is 0 Å². The Balaban J connectivity index is 2.11. The van der Waals surface area contributed by atoms with Crippen LogP contribution >= 0.6 is 0 Å². The molecule has 0 spiro atoms. The molecule has 0 fully saturated rings. The second-order valence-corrected chi connectivity index (χ2v) is 6.95. The van der Waals surface area contributed by atoms with Crippen molar-refractivity contribution in [1.29, 1.82) is 0 Å². The third-order valence-electron chi connectivity index (χ3n) is 3.93. The number of rotatable bonds is 2. The fourth-order valence-corrected chi connectivity index (χ4v) is 3.24. The van der Waals surface area contributed by atoms with Crippen molar-refractivity contribution >= 4 is 27.5 Å². The second-order valence-electron chi connectivity index (χ2n) is 5.41. The average molecular weight is 371 g/mol. The molecule has 1 heterocycles. The van der Waals surface area contributed by atoms with E-state index >= 15 is 0 Å². The molecule has 3 rings (SSSR count). The van der Waals surface area contributed by atoms with Gasteiger partial charge in [0.15, 0.2) is 0 Å². The lowest BCUT2D eigenvalue weighted by atomic mass is 9.85. The molecule has 0 bridgehead atoms. The first-order valence-corrected chi connectivity index (χ1v) is 8.50. The van der Waals surface area contributed by atoms with Gasteiger partial charge in [0, 0.05) is 18.4 Å². The topological polar surface area (TPSA) is 63.7 Å². The molecule has 2 aromatic rings. The number of hydrogen-bond acceptors (Lipinski definition) is 5. The van der Waals surface area contributed by atoms with Crippen molar-refractivity contribution in [2.75, 3.05) is 11.9 Å². The summed E-state index contributed by atoms with van der Waals surface area (Å²) in [6.07, 6.45) is 0. The normalized spacial score (nSPS) is 14.6. The Morgan fingerprint density at radius 3 is 1.88 bits per heavy atom. The SMILES string of the molecule is CN1c2ccccc2C(C(=O)OS(=O)(=O)C(F)(F)F)c2ccccc21. The van der Waals surface area contributed by atoms with Crippen molar-refractivity contribution in [3.63, 3.8) is 0 Å². The Kier molecular flexibility index (Phi) is 3.98. The van der Waals surface area contributed by atoms with E-state index in [-0.39, 0.29) is 0 Å². The lowest BCUT2D eigenvalue weighted by Crippen LogP contribution is -2.32. The molecule has 5 nitrogen and oxygen atoms in total. The second kappa shape index (κ2) is 5.76. The zero-order valence-electron chi connectivity index (χ0n) is 12.8. The van der Waals surface area contributed by atoms with Crippen LogP contribution < -0.4 is 4.90 Å². The highest BCUT2D eigenvalue weighted by molar-refractivity contribution is 7.88. The smallest absolute Gasteiger partial charge is 0.344 e. The zero-order chi connectivity index (χ0) is 18.4. The Morgan fingerprint density at radius 2 is 1.44 bits per heavy atom. The van der Waals surface area contributed by atoms with Crippen LogP contribution in [0, 0.1) is 0 Å². The monoisotopic (exact) mass is 371 g/mol. The minimum atomic E-state index is -6.03. The number of benzene rings is 2. The van der Waals surface area contributed by atoms with Crippen molar-refractivity contribution in [3.05, 3.63) is 59.7 Å². The molecule has 25 heavy (non-hydrogen) atoms. The summed E-state index contributed by atoms with van der Waals surface area (Å²) in [6.45, 7) is 0. The molecule has 0 amide bonds. The summed E-state index contributed by atoms with van der Waals surface area (Å²) in [6, 6.07) is 13.1. The van der Waals surface area contributed by atoms with Gasteiger partial charge in [-0.25, -0.2) is 4.79 Å². The van der Waals surface area contributed by atoms with Crippen LogP contribution in [0.25, 0.3) is 0 Å². The van der Waals surface area contributed by atoms with Crippen LogP contribution in [-0.4, -0.2) is 26.9 Å². The van der Waals surface area contributed by atoms with E-state index in [4.69, 9.17) is 0 Å². The molecule has 0 aromatic heterocycles. The van der Waals surface area contributed by atoms with Gasteiger partial charge >= 0.3 is 21.6 Å². The van der Waals surface area contributed by atoms with Crippen LogP contribution in [0.2, 0.25) is 0 Å². The number of fused-ring (bicyclic) bond motifs is 2. The molecular weight excluding hydrogens is 359 g/mol. The van der Waals surface area contributed by atoms with Gasteiger partial charge in [0.25, 0.3) is 0 Å². The molecule has 0 saturated carbocycles. The summed E-state index contributed by atoms with van der Waals surface area (Å²) in [5, 5.41) is 0. The molecule has 2 aromatic carbocycles. The van der Waals surface area contributed by atoms with E-state index < -0.39 is 27.5 Å². The molecule has 132 valence electrons. The van der Waals surface area contributed by atoms with Crippen molar-refractivity contribution < 1.29 is 30.6 Å². The first kappa shape index (κ1) is 17.3. The van der Waals surface area contributed by atoms with Crippen LogP contribution in [0.1, 0.15) is 17.0 Å². The van der Waals surface area contributed by atoms with Crippen LogP contribution in [0.4, 0.5) is 24.5 Å². The first-order valence-electron chi connectivity index (χ1n) is 7.09. The fourth-order valence-electron chi connectivity index (χ4n) is 2.83. The van der Waals surface area contributed by atoms with Gasteiger partial charge < -0.3 is 9.08 Å². The van der Waals surface area contributed by atoms with Crippen molar-refractivity contribution in [2.45, 2.75) is 11.4 Å². The summed E-state index contributed by atoms with van der Waals surface area (Å²) in [5.74, 6) is -2.77. The number of carbonyl (C=O) groups is 1. The standard InChI is InChI=1S/C16H12F3NO4S/c1-20-12-8-4-2-6-10(12)14(11-7-3-5-9-13(11)20)15(21)24-25(22,23)16(17,18)19/h2-9,14H,1H3. The molecule has 0 saturated heterocycles. The Morgan fingerprint density at radius 1 is 1.00 bits per heavy atom. The van der Waals surface area contributed by atoms with E-state index in [1.165, 1.54) is 0 Å². The Hall–Kier alpha value is -2.55. The van der Waals surface area contributed by atoms with Gasteiger partial charge in [0.1, 0.15) is 5.92 Å². The average Bonchev–Trinajstić information content (AvgIpc) is 2.54. The Labute approximate surface area is 141 Å². The number of nitrogens with zero attached hydrogens (tertiary/aromatic N) is 1. The fraction of sp³-hybridized carbons (Fsp3) is 0.188. The van der Waals surface area contributed by atoms with Crippen LogP contribution in [0.3, 0.4) is 0 Å². The van der Waals surface area contributed by atoms with Crippen molar-refractivity contribution in [2.24, 2.45) is 0 Å². The minimum absolute atomic E-state index is 0.367. The van der Waals surface area contributed by atoms with Gasteiger partial charge in [-0.3, -0.25) is 0 Å². The third-order valence-corrected chi connectivity index (χ3v) is 4.88. The number of para-hydroxylation sites is 2. The van der Waals surface area contributed by atoms with E-state index in [1.54, 1.807) is 60.5 Å². The number of hydrogen-bond donors (Lipinski definition) is 0. The summed E-state index contributed by atoms with van der Waals surface area (Å²) in [5.41, 5.74) is -3.79. The Bertz CT molecular complexity index is 893. The molecule has 1 aliphatic heterocycles. The number of anilines is 2. The van der Waals surface area contributed by atoms with Gasteiger partial charge in [-0.05, 0) is 23.3 Å².